The Morgan fingerprint density at radius 2 is 1.83 bits per heavy atom. The van der Waals surface area contributed by atoms with E-state index in [9.17, 15) is 4.79 Å². The standard InChI is InChI=1S/C17H16O/c1-12-6-8-13(9-7-12)17(18)11-15-10-14-4-2-3-5-16(14)15/h2-9,15H,10-11H2,1H3. The molecule has 3 rings (SSSR count). The lowest BCUT2D eigenvalue weighted by atomic mass is 9.74. The molecule has 0 saturated carbocycles. The maximum atomic E-state index is 12.2. The second-order valence-electron chi connectivity index (χ2n) is 5.09. The maximum Gasteiger partial charge on any atom is 0.163 e. The molecule has 1 unspecified atom stereocenters. The first-order valence-corrected chi connectivity index (χ1v) is 6.42. The predicted octanol–water partition coefficient (Wildman–Crippen LogP) is 3.91. The van der Waals surface area contributed by atoms with E-state index in [0.717, 1.165) is 12.0 Å². The Morgan fingerprint density at radius 3 is 2.56 bits per heavy atom. The zero-order valence-electron chi connectivity index (χ0n) is 10.5. The van der Waals surface area contributed by atoms with Crippen molar-refractivity contribution in [3.05, 3.63) is 70.8 Å². The van der Waals surface area contributed by atoms with Crippen molar-refractivity contribution in [2.24, 2.45) is 0 Å². The lowest BCUT2D eigenvalue weighted by Crippen LogP contribution is -2.20. The molecular weight excluding hydrogens is 220 g/mol. The first kappa shape index (κ1) is 11.2. The predicted molar refractivity (Wildman–Crippen MR) is 73.0 cm³/mol. The molecule has 0 aromatic heterocycles. The van der Waals surface area contributed by atoms with Gasteiger partial charge in [0.05, 0.1) is 0 Å². The van der Waals surface area contributed by atoms with Crippen LogP contribution in [0.4, 0.5) is 0 Å². The van der Waals surface area contributed by atoms with Crippen LogP contribution in [0.15, 0.2) is 48.5 Å². The molecule has 0 radical (unpaired) electrons. The largest absolute Gasteiger partial charge is 0.294 e. The van der Waals surface area contributed by atoms with Gasteiger partial charge in [-0.1, -0.05) is 54.1 Å². The molecule has 0 fully saturated rings. The smallest absolute Gasteiger partial charge is 0.163 e. The van der Waals surface area contributed by atoms with E-state index in [0.29, 0.717) is 12.3 Å². The summed E-state index contributed by atoms with van der Waals surface area (Å²) in [6.07, 6.45) is 1.69. The van der Waals surface area contributed by atoms with E-state index < -0.39 is 0 Å². The molecule has 1 heteroatoms. The minimum Gasteiger partial charge on any atom is -0.294 e. The maximum absolute atomic E-state index is 12.2. The first-order valence-electron chi connectivity index (χ1n) is 6.42. The Kier molecular flexibility index (Phi) is 2.75. The summed E-state index contributed by atoms with van der Waals surface area (Å²) >= 11 is 0. The Bertz CT molecular complexity index is 581. The number of benzene rings is 2. The molecule has 18 heavy (non-hydrogen) atoms. The summed E-state index contributed by atoms with van der Waals surface area (Å²) in [6.45, 7) is 2.04. The lowest BCUT2D eigenvalue weighted by molar-refractivity contribution is 0.0970. The molecule has 0 N–H and O–H groups in total. The van der Waals surface area contributed by atoms with Crippen LogP contribution in [0.2, 0.25) is 0 Å². The molecule has 1 aliphatic carbocycles. The highest BCUT2D eigenvalue weighted by Crippen LogP contribution is 2.37. The average Bonchev–Trinajstić information content (AvgIpc) is 2.36. The van der Waals surface area contributed by atoms with Crippen LogP contribution >= 0.6 is 0 Å². The molecule has 1 nitrogen and oxygen atoms in total. The minimum absolute atomic E-state index is 0.259. The normalized spacial score (nSPS) is 16.8. The lowest BCUT2D eigenvalue weighted by Gasteiger charge is -2.29. The van der Waals surface area contributed by atoms with Crippen LogP contribution in [0.1, 0.15) is 39.4 Å². The van der Waals surface area contributed by atoms with E-state index in [1.165, 1.54) is 16.7 Å². The number of aryl methyl sites for hydroxylation is 1. The van der Waals surface area contributed by atoms with Gasteiger partial charge in [-0.25, -0.2) is 0 Å². The molecule has 0 amide bonds. The van der Waals surface area contributed by atoms with E-state index in [1.807, 2.05) is 31.2 Å². The molecule has 90 valence electrons. The number of Topliss-reactive ketones (excluding diaryl/α,β-unsaturated/α-hetero) is 1. The van der Waals surface area contributed by atoms with Crippen LogP contribution in [0.25, 0.3) is 0 Å². The molecule has 1 atom stereocenters. The zero-order valence-corrected chi connectivity index (χ0v) is 10.5. The number of hydrogen-bond acceptors (Lipinski definition) is 1. The highest BCUT2D eigenvalue weighted by Gasteiger charge is 2.27. The van der Waals surface area contributed by atoms with Crippen molar-refractivity contribution in [1.29, 1.82) is 0 Å². The van der Waals surface area contributed by atoms with E-state index in [2.05, 4.69) is 24.3 Å². The third-order valence-corrected chi connectivity index (χ3v) is 3.77. The van der Waals surface area contributed by atoms with Crippen LogP contribution in [0.5, 0.6) is 0 Å². The fourth-order valence-corrected chi connectivity index (χ4v) is 2.63. The van der Waals surface area contributed by atoms with Gasteiger partial charge >= 0.3 is 0 Å². The highest BCUT2D eigenvalue weighted by molar-refractivity contribution is 5.96. The summed E-state index contributed by atoms with van der Waals surface area (Å²) in [5.74, 6) is 0.685. The van der Waals surface area contributed by atoms with Crippen molar-refractivity contribution in [2.75, 3.05) is 0 Å². The fraction of sp³-hybridized carbons (Fsp3) is 0.235. The van der Waals surface area contributed by atoms with Gasteiger partial charge in [-0.2, -0.15) is 0 Å². The first-order chi connectivity index (χ1) is 8.74. The van der Waals surface area contributed by atoms with Crippen molar-refractivity contribution in [3.63, 3.8) is 0 Å². The van der Waals surface area contributed by atoms with Gasteiger partial charge in [0, 0.05) is 12.0 Å². The fourth-order valence-electron chi connectivity index (χ4n) is 2.63. The number of carbonyl (C=O) groups is 1. The topological polar surface area (TPSA) is 17.1 Å². The van der Waals surface area contributed by atoms with Crippen molar-refractivity contribution in [1.82, 2.24) is 0 Å². The molecule has 0 saturated heterocycles. The Balaban J connectivity index is 1.72. The molecule has 0 heterocycles. The van der Waals surface area contributed by atoms with Gasteiger partial charge in [-0.15, -0.1) is 0 Å². The molecular formula is C17H16O. The van der Waals surface area contributed by atoms with Gasteiger partial charge in [0.1, 0.15) is 0 Å². The van der Waals surface area contributed by atoms with Crippen molar-refractivity contribution < 1.29 is 4.79 Å². The van der Waals surface area contributed by atoms with Crippen molar-refractivity contribution in [3.8, 4) is 0 Å². The number of ketones is 1. The van der Waals surface area contributed by atoms with E-state index in [1.54, 1.807) is 0 Å². The Labute approximate surface area is 107 Å². The zero-order chi connectivity index (χ0) is 12.5. The number of carbonyl (C=O) groups excluding carboxylic acids is 1. The monoisotopic (exact) mass is 236 g/mol. The molecule has 0 bridgehead atoms. The number of rotatable bonds is 3. The quantitative estimate of drug-likeness (QED) is 0.738. The summed E-state index contributed by atoms with van der Waals surface area (Å²) in [6, 6.07) is 16.3. The summed E-state index contributed by atoms with van der Waals surface area (Å²) in [5, 5.41) is 0. The second kappa shape index (κ2) is 4.41. The van der Waals surface area contributed by atoms with Crippen molar-refractivity contribution in [2.45, 2.75) is 25.7 Å². The molecule has 0 spiro atoms. The summed E-state index contributed by atoms with van der Waals surface area (Å²) in [5.41, 5.74) is 4.79. The number of hydrogen-bond donors (Lipinski definition) is 0. The number of fused-ring (bicyclic) bond motifs is 1. The average molecular weight is 236 g/mol. The van der Waals surface area contributed by atoms with Gasteiger partial charge in [-0.3, -0.25) is 4.79 Å². The van der Waals surface area contributed by atoms with Gasteiger partial charge in [0.25, 0.3) is 0 Å². The van der Waals surface area contributed by atoms with Crippen LogP contribution < -0.4 is 0 Å². The van der Waals surface area contributed by atoms with Gasteiger partial charge in [0.2, 0.25) is 0 Å². The molecule has 0 aliphatic heterocycles. The van der Waals surface area contributed by atoms with Crippen LogP contribution in [-0.2, 0) is 6.42 Å². The van der Waals surface area contributed by atoms with E-state index in [4.69, 9.17) is 0 Å². The highest BCUT2D eigenvalue weighted by atomic mass is 16.1. The SMILES string of the molecule is Cc1ccc(C(=O)CC2Cc3ccccc32)cc1. The molecule has 2 aromatic carbocycles. The van der Waals surface area contributed by atoms with Gasteiger partial charge < -0.3 is 0 Å². The molecule has 2 aromatic rings. The van der Waals surface area contributed by atoms with Crippen LogP contribution in [0, 0.1) is 6.92 Å². The van der Waals surface area contributed by atoms with E-state index >= 15 is 0 Å². The second-order valence-corrected chi connectivity index (χ2v) is 5.09. The molecule has 1 aliphatic rings. The van der Waals surface area contributed by atoms with Crippen LogP contribution in [0.3, 0.4) is 0 Å². The van der Waals surface area contributed by atoms with E-state index in [-0.39, 0.29) is 5.78 Å². The third kappa shape index (κ3) is 1.97. The van der Waals surface area contributed by atoms with Gasteiger partial charge in [0.15, 0.2) is 5.78 Å². The third-order valence-electron chi connectivity index (χ3n) is 3.77. The summed E-state index contributed by atoms with van der Waals surface area (Å²) in [4.78, 5) is 12.2. The Morgan fingerprint density at radius 1 is 1.11 bits per heavy atom. The minimum atomic E-state index is 0.259. The summed E-state index contributed by atoms with van der Waals surface area (Å²) in [7, 11) is 0. The van der Waals surface area contributed by atoms with Crippen molar-refractivity contribution >= 4 is 5.78 Å². The Hall–Kier alpha value is -1.89. The van der Waals surface area contributed by atoms with Crippen LogP contribution in [-0.4, -0.2) is 5.78 Å². The summed E-state index contributed by atoms with van der Waals surface area (Å²) < 4.78 is 0. The van der Waals surface area contributed by atoms with Gasteiger partial charge in [-0.05, 0) is 30.4 Å².